The van der Waals surface area contributed by atoms with Gasteiger partial charge in [-0.2, -0.15) is 0 Å². The zero-order valence-corrected chi connectivity index (χ0v) is 12.1. The van der Waals surface area contributed by atoms with E-state index in [1.54, 1.807) is 11.1 Å². The van der Waals surface area contributed by atoms with Crippen LogP contribution in [-0.4, -0.2) is 30.6 Å². The topological polar surface area (TPSA) is 15.3 Å². The Morgan fingerprint density at radius 3 is 2.79 bits per heavy atom. The van der Waals surface area contributed by atoms with Crippen molar-refractivity contribution < 1.29 is 0 Å². The molecule has 1 heterocycles. The Hall–Kier alpha value is -0.860. The Kier molecular flexibility index (Phi) is 4.19. The monoisotopic (exact) mass is 258 g/mol. The zero-order valence-electron chi connectivity index (χ0n) is 12.1. The molecular weight excluding hydrogens is 232 g/mol. The van der Waals surface area contributed by atoms with Gasteiger partial charge in [-0.1, -0.05) is 31.2 Å². The minimum absolute atomic E-state index is 0.831. The summed E-state index contributed by atoms with van der Waals surface area (Å²) in [5.41, 5.74) is 3.12. The molecule has 0 radical (unpaired) electrons. The molecule has 0 aromatic heterocycles. The summed E-state index contributed by atoms with van der Waals surface area (Å²) < 4.78 is 0. The van der Waals surface area contributed by atoms with E-state index in [0.29, 0.717) is 0 Å². The molecule has 1 saturated carbocycles. The summed E-state index contributed by atoms with van der Waals surface area (Å²) in [5, 5.41) is 3.60. The van der Waals surface area contributed by atoms with Crippen LogP contribution in [0.4, 0.5) is 0 Å². The van der Waals surface area contributed by atoms with Gasteiger partial charge in [0.1, 0.15) is 0 Å². The molecule has 1 aliphatic carbocycles. The molecule has 1 aliphatic heterocycles. The van der Waals surface area contributed by atoms with Gasteiger partial charge in [0.2, 0.25) is 0 Å². The highest BCUT2D eigenvalue weighted by Crippen LogP contribution is 2.34. The molecule has 1 fully saturated rings. The highest BCUT2D eigenvalue weighted by atomic mass is 15.2. The van der Waals surface area contributed by atoms with E-state index >= 15 is 0 Å². The van der Waals surface area contributed by atoms with E-state index in [0.717, 1.165) is 12.0 Å². The van der Waals surface area contributed by atoms with Gasteiger partial charge < -0.3 is 5.32 Å². The fourth-order valence-corrected chi connectivity index (χ4v) is 3.54. The normalized spacial score (nSPS) is 26.8. The van der Waals surface area contributed by atoms with Gasteiger partial charge in [0, 0.05) is 19.1 Å². The van der Waals surface area contributed by atoms with Crippen LogP contribution in [0.3, 0.4) is 0 Å². The lowest BCUT2D eigenvalue weighted by Gasteiger charge is -2.46. The predicted molar refractivity (Wildman–Crippen MR) is 80.2 cm³/mol. The van der Waals surface area contributed by atoms with E-state index in [1.807, 2.05) is 0 Å². The summed E-state index contributed by atoms with van der Waals surface area (Å²) in [5.74, 6) is 0.886. The van der Waals surface area contributed by atoms with Crippen molar-refractivity contribution in [1.82, 2.24) is 10.2 Å². The fraction of sp³-hybridized carbons (Fsp3) is 0.647. The SMILES string of the molecule is CCCNCC1CCC1N1CCc2ccccc2C1. The molecule has 19 heavy (non-hydrogen) atoms. The summed E-state index contributed by atoms with van der Waals surface area (Å²) >= 11 is 0. The first-order chi connectivity index (χ1) is 9.38. The van der Waals surface area contributed by atoms with Crippen LogP contribution in [-0.2, 0) is 13.0 Å². The standard InChI is InChI=1S/C17H26N2/c1-2-10-18-12-15-7-8-17(15)19-11-9-14-5-3-4-6-16(14)13-19/h3-6,15,17-18H,2,7-13H2,1H3. The Labute approximate surface area is 117 Å². The zero-order chi connectivity index (χ0) is 13.1. The fourth-order valence-electron chi connectivity index (χ4n) is 3.54. The van der Waals surface area contributed by atoms with Gasteiger partial charge in [0.05, 0.1) is 0 Å². The summed E-state index contributed by atoms with van der Waals surface area (Å²) in [6.07, 6.45) is 5.30. The second-order valence-electron chi connectivity index (χ2n) is 6.10. The largest absolute Gasteiger partial charge is 0.316 e. The van der Waals surface area contributed by atoms with Gasteiger partial charge in [-0.25, -0.2) is 0 Å². The number of rotatable bonds is 5. The summed E-state index contributed by atoms with van der Waals surface area (Å²) in [6.45, 7) is 7.06. The molecule has 2 atom stereocenters. The number of hydrogen-bond acceptors (Lipinski definition) is 2. The molecule has 0 bridgehead atoms. The molecule has 2 aliphatic rings. The quantitative estimate of drug-likeness (QED) is 0.817. The van der Waals surface area contributed by atoms with E-state index in [1.165, 1.54) is 51.9 Å². The van der Waals surface area contributed by atoms with Crippen molar-refractivity contribution in [1.29, 1.82) is 0 Å². The van der Waals surface area contributed by atoms with Crippen LogP contribution in [0.2, 0.25) is 0 Å². The first-order valence-electron chi connectivity index (χ1n) is 7.90. The molecule has 0 amide bonds. The van der Waals surface area contributed by atoms with Gasteiger partial charge in [-0.3, -0.25) is 4.90 Å². The van der Waals surface area contributed by atoms with Gasteiger partial charge in [0.25, 0.3) is 0 Å². The molecule has 0 saturated heterocycles. The van der Waals surface area contributed by atoms with Crippen LogP contribution < -0.4 is 5.32 Å². The van der Waals surface area contributed by atoms with Crippen molar-refractivity contribution >= 4 is 0 Å². The average Bonchev–Trinajstić information content (AvgIpc) is 2.42. The van der Waals surface area contributed by atoms with Crippen molar-refractivity contribution in [3.63, 3.8) is 0 Å². The smallest absolute Gasteiger partial charge is 0.0239 e. The molecule has 3 rings (SSSR count). The van der Waals surface area contributed by atoms with Crippen molar-refractivity contribution in [3.05, 3.63) is 35.4 Å². The van der Waals surface area contributed by atoms with Crippen LogP contribution in [0.15, 0.2) is 24.3 Å². The Bertz CT molecular complexity index is 415. The summed E-state index contributed by atoms with van der Waals surface area (Å²) in [6, 6.07) is 9.80. The summed E-state index contributed by atoms with van der Waals surface area (Å²) in [7, 11) is 0. The lowest BCUT2D eigenvalue weighted by molar-refractivity contribution is 0.0512. The maximum absolute atomic E-state index is 3.60. The molecule has 1 aromatic carbocycles. The van der Waals surface area contributed by atoms with Crippen molar-refractivity contribution in [3.8, 4) is 0 Å². The van der Waals surface area contributed by atoms with Crippen molar-refractivity contribution in [2.45, 2.75) is 45.2 Å². The van der Waals surface area contributed by atoms with Gasteiger partial charge >= 0.3 is 0 Å². The highest BCUT2D eigenvalue weighted by molar-refractivity contribution is 5.29. The van der Waals surface area contributed by atoms with Crippen LogP contribution in [0.1, 0.15) is 37.3 Å². The third-order valence-electron chi connectivity index (χ3n) is 4.84. The molecule has 1 N–H and O–H groups in total. The first kappa shape index (κ1) is 13.1. The number of hydrogen-bond donors (Lipinski definition) is 1. The van der Waals surface area contributed by atoms with Crippen LogP contribution in [0.25, 0.3) is 0 Å². The Morgan fingerprint density at radius 1 is 1.21 bits per heavy atom. The molecule has 0 spiro atoms. The second-order valence-corrected chi connectivity index (χ2v) is 6.10. The highest BCUT2D eigenvalue weighted by Gasteiger charge is 2.36. The number of nitrogens with zero attached hydrogens (tertiary/aromatic N) is 1. The first-order valence-corrected chi connectivity index (χ1v) is 7.90. The van der Waals surface area contributed by atoms with E-state index in [9.17, 15) is 0 Å². The van der Waals surface area contributed by atoms with Gasteiger partial charge in [-0.15, -0.1) is 0 Å². The van der Waals surface area contributed by atoms with Gasteiger partial charge in [-0.05, 0) is 55.8 Å². The maximum atomic E-state index is 3.60. The lowest BCUT2D eigenvalue weighted by Crippen LogP contribution is -2.51. The number of nitrogens with one attached hydrogen (secondary N) is 1. The Balaban J connectivity index is 1.56. The van der Waals surface area contributed by atoms with Crippen molar-refractivity contribution in [2.75, 3.05) is 19.6 Å². The van der Waals surface area contributed by atoms with Crippen LogP contribution in [0.5, 0.6) is 0 Å². The lowest BCUT2D eigenvalue weighted by atomic mass is 9.77. The average molecular weight is 258 g/mol. The third kappa shape index (κ3) is 2.85. The van der Waals surface area contributed by atoms with Crippen LogP contribution >= 0.6 is 0 Å². The van der Waals surface area contributed by atoms with E-state index in [-0.39, 0.29) is 0 Å². The van der Waals surface area contributed by atoms with Crippen LogP contribution in [0, 0.1) is 5.92 Å². The summed E-state index contributed by atoms with van der Waals surface area (Å²) in [4.78, 5) is 2.73. The molecule has 2 nitrogen and oxygen atoms in total. The molecule has 1 aromatic rings. The van der Waals surface area contributed by atoms with E-state index in [4.69, 9.17) is 0 Å². The van der Waals surface area contributed by atoms with E-state index in [2.05, 4.69) is 41.4 Å². The van der Waals surface area contributed by atoms with E-state index < -0.39 is 0 Å². The third-order valence-corrected chi connectivity index (χ3v) is 4.84. The predicted octanol–water partition coefficient (Wildman–Crippen LogP) is 2.82. The minimum atomic E-state index is 0.831. The number of fused-ring (bicyclic) bond motifs is 1. The second kappa shape index (κ2) is 6.06. The molecule has 2 unspecified atom stereocenters. The van der Waals surface area contributed by atoms with Gasteiger partial charge in [0.15, 0.2) is 0 Å². The molecule has 104 valence electrons. The molecular formula is C17H26N2. The number of benzene rings is 1. The molecule has 2 heteroatoms. The minimum Gasteiger partial charge on any atom is -0.316 e. The Morgan fingerprint density at radius 2 is 2.05 bits per heavy atom. The maximum Gasteiger partial charge on any atom is 0.0239 e. The van der Waals surface area contributed by atoms with Crippen molar-refractivity contribution in [2.24, 2.45) is 5.92 Å².